The summed E-state index contributed by atoms with van der Waals surface area (Å²) in [7, 11) is -7.31. The van der Waals surface area contributed by atoms with E-state index in [9.17, 15) is 16.8 Å². The average molecular weight is 457 g/mol. The predicted octanol–water partition coefficient (Wildman–Crippen LogP) is 1.16. The van der Waals surface area contributed by atoms with Gasteiger partial charge in [-0.2, -0.15) is 4.31 Å². The molecule has 1 fully saturated rings. The van der Waals surface area contributed by atoms with Crippen molar-refractivity contribution in [3.63, 3.8) is 0 Å². The number of nitrogens with zero attached hydrogens (tertiary/aromatic N) is 1. The highest BCUT2D eigenvalue weighted by atomic mass is 32.2. The summed E-state index contributed by atoms with van der Waals surface area (Å²) in [6, 6.07) is 12.1. The van der Waals surface area contributed by atoms with Crippen LogP contribution in [0.15, 0.2) is 58.3 Å². The molecule has 2 aromatic carbocycles. The number of hydrogen-bond acceptors (Lipinski definition) is 6. The number of rotatable bonds is 5. The van der Waals surface area contributed by atoms with E-state index in [-0.39, 0.29) is 14.9 Å². The van der Waals surface area contributed by atoms with Crippen molar-refractivity contribution in [2.24, 2.45) is 5.14 Å². The zero-order valence-corrected chi connectivity index (χ0v) is 17.7. The number of anilines is 2. The lowest BCUT2D eigenvalue weighted by Gasteiger charge is -2.26. The molecule has 0 atom stereocenters. The van der Waals surface area contributed by atoms with Gasteiger partial charge in [0.25, 0.3) is 0 Å². The summed E-state index contributed by atoms with van der Waals surface area (Å²) in [5.74, 6) is 0. The van der Waals surface area contributed by atoms with E-state index in [2.05, 4.69) is 10.6 Å². The minimum atomic E-state index is -3.76. The third-order valence-electron chi connectivity index (χ3n) is 4.16. The van der Waals surface area contributed by atoms with Gasteiger partial charge in [0.1, 0.15) is 0 Å². The first-order chi connectivity index (χ1) is 13.7. The molecule has 0 spiro atoms. The van der Waals surface area contributed by atoms with E-state index in [4.69, 9.17) is 22.1 Å². The molecule has 0 amide bonds. The summed E-state index contributed by atoms with van der Waals surface area (Å²) >= 11 is 5.23. The number of benzene rings is 2. The fourth-order valence-corrected chi connectivity index (χ4v) is 4.83. The highest BCUT2D eigenvalue weighted by molar-refractivity contribution is 7.89. The predicted molar refractivity (Wildman–Crippen MR) is 114 cm³/mol. The molecule has 1 aliphatic heterocycles. The second-order valence-corrected chi connectivity index (χ2v) is 10.1. The minimum Gasteiger partial charge on any atom is -0.379 e. The second-order valence-electron chi connectivity index (χ2n) is 6.19. The molecule has 2 aromatic rings. The molecule has 0 unspecified atom stereocenters. The van der Waals surface area contributed by atoms with Gasteiger partial charge in [-0.15, -0.1) is 0 Å². The molecule has 29 heavy (non-hydrogen) atoms. The molecule has 0 saturated carbocycles. The molecular weight excluding hydrogens is 436 g/mol. The summed E-state index contributed by atoms with van der Waals surface area (Å²) in [6.07, 6.45) is 0. The SMILES string of the molecule is NS(=O)(=O)c1ccc(NC(=S)Nc2ccc(S(=O)(=O)N3CCOCC3)cc2)cc1. The van der Waals surface area contributed by atoms with Gasteiger partial charge in [-0.05, 0) is 60.7 Å². The maximum absolute atomic E-state index is 12.6. The van der Waals surface area contributed by atoms with E-state index < -0.39 is 20.0 Å². The summed E-state index contributed by atoms with van der Waals surface area (Å²) in [6.45, 7) is 1.44. The normalized spacial score (nSPS) is 15.6. The molecule has 0 radical (unpaired) electrons. The lowest BCUT2D eigenvalue weighted by atomic mass is 10.3. The Bertz CT molecular complexity index is 1080. The molecule has 156 valence electrons. The van der Waals surface area contributed by atoms with Gasteiger partial charge in [-0.3, -0.25) is 0 Å². The first kappa shape index (κ1) is 21.6. The lowest BCUT2D eigenvalue weighted by Crippen LogP contribution is -2.40. The summed E-state index contributed by atoms with van der Waals surface area (Å²) in [5, 5.41) is 11.2. The van der Waals surface area contributed by atoms with Crippen LogP contribution in [0.5, 0.6) is 0 Å². The molecular formula is C17H20N4O5S3. The van der Waals surface area contributed by atoms with Crippen LogP contribution in [0.4, 0.5) is 11.4 Å². The van der Waals surface area contributed by atoms with Crippen LogP contribution in [0.2, 0.25) is 0 Å². The molecule has 4 N–H and O–H groups in total. The third-order valence-corrected chi connectivity index (χ3v) is 7.21. The van der Waals surface area contributed by atoms with Crippen LogP contribution in [0, 0.1) is 0 Å². The Hall–Kier alpha value is -2.09. The second kappa shape index (κ2) is 8.73. The first-order valence-corrected chi connectivity index (χ1v) is 11.9. The van der Waals surface area contributed by atoms with Gasteiger partial charge < -0.3 is 15.4 Å². The highest BCUT2D eigenvalue weighted by Gasteiger charge is 2.26. The molecule has 1 heterocycles. The Labute approximate surface area is 175 Å². The number of nitrogens with one attached hydrogen (secondary N) is 2. The van der Waals surface area contributed by atoms with Crippen molar-refractivity contribution in [3.05, 3.63) is 48.5 Å². The van der Waals surface area contributed by atoms with Crippen LogP contribution in [-0.4, -0.2) is 52.6 Å². The molecule has 0 aliphatic carbocycles. The van der Waals surface area contributed by atoms with Crippen LogP contribution < -0.4 is 15.8 Å². The maximum atomic E-state index is 12.6. The number of morpholine rings is 1. The molecule has 3 rings (SSSR count). The fourth-order valence-electron chi connectivity index (χ4n) is 2.67. The van der Waals surface area contributed by atoms with Crippen molar-refractivity contribution in [1.29, 1.82) is 0 Å². The molecule has 0 aromatic heterocycles. The van der Waals surface area contributed by atoms with Gasteiger partial charge in [0.05, 0.1) is 23.0 Å². The monoisotopic (exact) mass is 456 g/mol. The van der Waals surface area contributed by atoms with Gasteiger partial charge in [0.15, 0.2) is 5.11 Å². The van der Waals surface area contributed by atoms with Crippen LogP contribution in [0.1, 0.15) is 0 Å². The van der Waals surface area contributed by atoms with Crippen molar-refractivity contribution >= 4 is 48.8 Å². The fraction of sp³-hybridized carbons (Fsp3) is 0.235. The molecule has 1 saturated heterocycles. The van der Waals surface area contributed by atoms with Gasteiger partial charge in [-0.1, -0.05) is 0 Å². The maximum Gasteiger partial charge on any atom is 0.243 e. The standard InChI is InChI=1S/C17H20N4O5S3/c18-28(22,23)15-5-1-13(2-6-15)19-17(27)20-14-3-7-16(8-4-14)29(24,25)21-9-11-26-12-10-21/h1-8H,9-12H2,(H2,18,22,23)(H2,19,20,27). The van der Waals surface area contributed by atoms with Crippen LogP contribution >= 0.6 is 12.2 Å². The van der Waals surface area contributed by atoms with Crippen molar-refractivity contribution < 1.29 is 21.6 Å². The van der Waals surface area contributed by atoms with Crippen LogP contribution in [0.3, 0.4) is 0 Å². The van der Waals surface area contributed by atoms with Gasteiger partial charge in [-0.25, -0.2) is 22.0 Å². The average Bonchev–Trinajstić information content (AvgIpc) is 2.69. The highest BCUT2D eigenvalue weighted by Crippen LogP contribution is 2.20. The van der Waals surface area contributed by atoms with Gasteiger partial charge in [0, 0.05) is 24.5 Å². The van der Waals surface area contributed by atoms with E-state index in [1.54, 1.807) is 12.1 Å². The molecule has 1 aliphatic rings. The molecule has 9 nitrogen and oxygen atoms in total. The minimum absolute atomic E-state index is 0.000932. The smallest absolute Gasteiger partial charge is 0.243 e. The first-order valence-electron chi connectivity index (χ1n) is 8.55. The number of primary sulfonamides is 1. The van der Waals surface area contributed by atoms with Crippen LogP contribution in [-0.2, 0) is 24.8 Å². The van der Waals surface area contributed by atoms with Gasteiger partial charge >= 0.3 is 0 Å². The van der Waals surface area contributed by atoms with Crippen LogP contribution in [0.25, 0.3) is 0 Å². The Kier molecular flexibility index (Phi) is 6.51. The van der Waals surface area contributed by atoms with E-state index >= 15 is 0 Å². The Balaban J connectivity index is 1.62. The number of hydrogen-bond donors (Lipinski definition) is 3. The summed E-state index contributed by atoms with van der Waals surface area (Å²) < 4.78 is 54.4. The largest absolute Gasteiger partial charge is 0.379 e. The van der Waals surface area contributed by atoms with E-state index in [0.29, 0.717) is 37.7 Å². The topological polar surface area (TPSA) is 131 Å². The van der Waals surface area contributed by atoms with Gasteiger partial charge in [0.2, 0.25) is 20.0 Å². The number of thiocarbonyl (C=S) groups is 1. The zero-order valence-electron chi connectivity index (χ0n) is 15.2. The molecule has 0 bridgehead atoms. The van der Waals surface area contributed by atoms with Crippen molar-refractivity contribution in [2.45, 2.75) is 9.79 Å². The Morgan fingerprint density at radius 2 is 1.31 bits per heavy atom. The van der Waals surface area contributed by atoms with E-state index in [0.717, 1.165) is 0 Å². The number of ether oxygens (including phenoxy) is 1. The molecule has 12 heteroatoms. The summed E-state index contributed by atoms with van der Waals surface area (Å²) in [5.41, 5.74) is 1.17. The van der Waals surface area contributed by atoms with E-state index in [1.165, 1.54) is 40.7 Å². The number of sulfonamides is 2. The Morgan fingerprint density at radius 3 is 1.76 bits per heavy atom. The number of nitrogens with two attached hydrogens (primary N) is 1. The van der Waals surface area contributed by atoms with Crippen molar-refractivity contribution in [1.82, 2.24) is 4.31 Å². The van der Waals surface area contributed by atoms with Crippen molar-refractivity contribution in [2.75, 3.05) is 36.9 Å². The third kappa shape index (κ3) is 5.50. The van der Waals surface area contributed by atoms with Crippen molar-refractivity contribution in [3.8, 4) is 0 Å². The van der Waals surface area contributed by atoms with E-state index in [1.807, 2.05) is 0 Å². The Morgan fingerprint density at radius 1 is 0.862 bits per heavy atom. The summed E-state index contributed by atoms with van der Waals surface area (Å²) in [4.78, 5) is 0.196. The quantitative estimate of drug-likeness (QED) is 0.572. The lowest BCUT2D eigenvalue weighted by molar-refractivity contribution is 0.0730. The zero-order chi connectivity index (χ0) is 21.1.